The van der Waals surface area contributed by atoms with E-state index in [4.69, 9.17) is 5.26 Å². The Morgan fingerprint density at radius 1 is 1.11 bits per heavy atom. The Labute approximate surface area is 165 Å². The van der Waals surface area contributed by atoms with E-state index in [9.17, 15) is 8.42 Å². The monoisotopic (exact) mass is 395 g/mol. The zero-order chi connectivity index (χ0) is 20.5. The van der Waals surface area contributed by atoms with Crippen LogP contribution in [0.25, 0.3) is 11.1 Å². The van der Waals surface area contributed by atoms with Gasteiger partial charge in [0.1, 0.15) is 17.9 Å². The first-order chi connectivity index (χ1) is 13.2. The summed E-state index contributed by atoms with van der Waals surface area (Å²) in [5.41, 5.74) is 5.94. The maximum Gasteiger partial charge on any atom is 0.270 e. The molecule has 0 saturated carbocycles. The zero-order valence-electron chi connectivity index (χ0n) is 16.4. The van der Waals surface area contributed by atoms with E-state index in [1.165, 1.54) is 18.0 Å². The number of nitrogens with zero attached hydrogens (tertiary/aromatic N) is 2. The van der Waals surface area contributed by atoms with Gasteiger partial charge in [0.15, 0.2) is 6.19 Å². The second-order valence-electron chi connectivity index (χ2n) is 6.86. The van der Waals surface area contributed by atoms with Crippen LogP contribution in [-0.2, 0) is 16.6 Å². The lowest BCUT2D eigenvalue weighted by Gasteiger charge is -2.12. The van der Waals surface area contributed by atoms with Gasteiger partial charge in [0.05, 0.1) is 4.90 Å². The first kappa shape index (κ1) is 19.6. The number of nitrogens with one attached hydrogen (secondary N) is 2. The Morgan fingerprint density at radius 2 is 1.82 bits per heavy atom. The highest BCUT2D eigenvalue weighted by molar-refractivity contribution is 7.89. The zero-order valence-corrected chi connectivity index (χ0v) is 17.2. The van der Waals surface area contributed by atoms with E-state index in [1.807, 2.05) is 36.8 Å². The SMILES string of the molecule is Cc1cc(-c2ccccc2S(=O)(=O)NC#N)ccc1C[n+]1c(C)[nH]c(C)c1C. The van der Waals surface area contributed by atoms with Gasteiger partial charge in [-0.15, -0.1) is 0 Å². The van der Waals surface area contributed by atoms with Crippen molar-refractivity contribution >= 4 is 10.0 Å². The van der Waals surface area contributed by atoms with Gasteiger partial charge in [-0.1, -0.05) is 36.4 Å². The van der Waals surface area contributed by atoms with Crippen molar-refractivity contribution in [1.29, 1.82) is 5.26 Å². The molecule has 1 aromatic heterocycles. The van der Waals surface area contributed by atoms with Crippen LogP contribution in [0.15, 0.2) is 47.4 Å². The molecule has 3 aromatic rings. The lowest BCUT2D eigenvalue weighted by atomic mass is 9.99. The first-order valence-electron chi connectivity index (χ1n) is 8.90. The maximum atomic E-state index is 12.4. The van der Waals surface area contributed by atoms with E-state index in [0.717, 1.165) is 34.8 Å². The Hall–Kier alpha value is -3.11. The van der Waals surface area contributed by atoms with Gasteiger partial charge in [-0.3, -0.25) is 0 Å². The average molecular weight is 396 g/mol. The number of rotatable bonds is 5. The quantitative estimate of drug-likeness (QED) is 0.395. The standard InChI is InChI=1S/C21H22N4O2S/c1-14-11-18(20-7-5-6-8-21(20)28(26,27)23-13-22)9-10-19(14)12-25-16(3)15(2)24-17(25)4/h5-11,23H,12H2,1-4H3/p+1. The molecule has 0 spiro atoms. The topological polar surface area (TPSA) is 89.6 Å². The fourth-order valence-corrected chi connectivity index (χ4v) is 4.35. The molecule has 0 fully saturated rings. The Morgan fingerprint density at radius 3 is 2.43 bits per heavy atom. The molecule has 6 nitrogen and oxygen atoms in total. The van der Waals surface area contributed by atoms with Crippen LogP contribution in [0.2, 0.25) is 0 Å². The molecule has 2 aromatic carbocycles. The molecule has 1 heterocycles. The summed E-state index contributed by atoms with van der Waals surface area (Å²) in [6, 6.07) is 12.6. The highest BCUT2D eigenvalue weighted by Crippen LogP contribution is 2.28. The molecular formula is C21H23N4O2S+. The molecule has 0 aliphatic carbocycles. The number of sulfonamides is 1. The second kappa shape index (κ2) is 7.49. The number of aromatic amines is 1. The minimum absolute atomic E-state index is 0.0889. The molecule has 0 unspecified atom stereocenters. The Kier molecular flexibility index (Phi) is 5.25. The van der Waals surface area contributed by atoms with Crippen LogP contribution in [0, 0.1) is 39.1 Å². The van der Waals surface area contributed by atoms with Crippen LogP contribution in [0.3, 0.4) is 0 Å². The highest BCUT2D eigenvalue weighted by Gasteiger charge is 2.20. The minimum Gasteiger partial charge on any atom is -0.245 e. The van der Waals surface area contributed by atoms with Gasteiger partial charge >= 0.3 is 0 Å². The number of nitriles is 1. The largest absolute Gasteiger partial charge is 0.270 e. The lowest BCUT2D eigenvalue weighted by Crippen LogP contribution is -2.38. The normalized spacial score (nSPS) is 11.2. The molecule has 0 atom stereocenters. The smallest absolute Gasteiger partial charge is 0.245 e. The first-order valence-corrected chi connectivity index (χ1v) is 10.4. The Bertz CT molecular complexity index is 1190. The van der Waals surface area contributed by atoms with Crippen molar-refractivity contribution in [2.45, 2.75) is 39.1 Å². The molecule has 0 bridgehead atoms. The molecule has 144 valence electrons. The molecular weight excluding hydrogens is 372 g/mol. The summed E-state index contributed by atoms with van der Waals surface area (Å²) in [7, 11) is -3.89. The number of H-pyrrole nitrogens is 1. The summed E-state index contributed by atoms with van der Waals surface area (Å²) in [6.07, 6.45) is 1.50. The van der Waals surface area contributed by atoms with E-state index in [-0.39, 0.29) is 4.90 Å². The minimum atomic E-state index is -3.89. The van der Waals surface area contributed by atoms with Crippen molar-refractivity contribution in [3.8, 4) is 17.3 Å². The molecule has 2 N–H and O–H groups in total. The van der Waals surface area contributed by atoms with Gasteiger partial charge in [0.25, 0.3) is 15.8 Å². The predicted molar refractivity (Wildman–Crippen MR) is 107 cm³/mol. The summed E-state index contributed by atoms with van der Waals surface area (Å²) in [4.78, 5) is 3.44. The number of aromatic nitrogens is 2. The highest BCUT2D eigenvalue weighted by atomic mass is 32.2. The third kappa shape index (κ3) is 3.64. The molecule has 3 rings (SSSR count). The lowest BCUT2D eigenvalue weighted by molar-refractivity contribution is -0.698. The van der Waals surface area contributed by atoms with E-state index in [1.54, 1.807) is 18.2 Å². The van der Waals surface area contributed by atoms with Crippen LogP contribution in [0.1, 0.15) is 28.3 Å². The second-order valence-corrected chi connectivity index (χ2v) is 8.51. The third-order valence-corrected chi connectivity index (χ3v) is 6.35. The summed E-state index contributed by atoms with van der Waals surface area (Å²) in [6.45, 7) is 8.96. The van der Waals surface area contributed by atoms with Crippen molar-refractivity contribution in [3.63, 3.8) is 0 Å². The summed E-state index contributed by atoms with van der Waals surface area (Å²) in [5.74, 6) is 1.09. The van der Waals surface area contributed by atoms with Crippen LogP contribution >= 0.6 is 0 Å². The number of imidazole rings is 1. The predicted octanol–water partition coefficient (Wildman–Crippen LogP) is 3.01. The van der Waals surface area contributed by atoms with E-state index < -0.39 is 10.0 Å². The number of benzene rings is 2. The number of aryl methyl sites for hydroxylation is 3. The molecule has 0 aliphatic rings. The summed E-state index contributed by atoms with van der Waals surface area (Å²) >= 11 is 0. The summed E-state index contributed by atoms with van der Waals surface area (Å²) in [5, 5.41) is 8.75. The van der Waals surface area contributed by atoms with E-state index >= 15 is 0 Å². The van der Waals surface area contributed by atoms with Gasteiger partial charge in [-0.2, -0.15) is 5.26 Å². The van der Waals surface area contributed by atoms with Crippen LogP contribution in [-0.4, -0.2) is 13.4 Å². The van der Waals surface area contributed by atoms with Crippen LogP contribution < -0.4 is 9.29 Å². The van der Waals surface area contributed by atoms with Gasteiger partial charge in [0.2, 0.25) is 0 Å². The molecule has 0 saturated heterocycles. The van der Waals surface area contributed by atoms with Gasteiger partial charge in [0, 0.05) is 26.3 Å². The van der Waals surface area contributed by atoms with Crippen molar-refractivity contribution in [3.05, 3.63) is 70.8 Å². The van der Waals surface area contributed by atoms with Crippen molar-refractivity contribution in [2.75, 3.05) is 0 Å². The van der Waals surface area contributed by atoms with Crippen LogP contribution in [0.4, 0.5) is 0 Å². The molecule has 28 heavy (non-hydrogen) atoms. The van der Waals surface area contributed by atoms with Crippen molar-refractivity contribution in [1.82, 2.24) is 9.71 Å². The number of hydrogen-bond donors (Lipinski definition) is 2. The number of hydrogen-bond acceptors (Lipinski definition) is 3. The van der Waals surface area contributed by atoms with E-state index in [0.29, 0.717) is 5.56 Å². The fourth-order valence-electron chi connectivity index (χ4n) is 3.39. The third-order valence-electron chi connectivity index (χ3n) is 5.06. The molecule has 7 heteroatoms. The van der Waals surface area contributed by atoms with Gasteiger partial charge in [-0.05, 0) is 29.7 Å². The molecule has 0 amide bonds. The van der Waals surface area contributed by atoms with Crippen molar-refractivity contribution < 1.29 is 13.0 Å². The van der Waals surface area contributed by atoms with Crippen LogP contribution in [0.5, 0.6) is 0 Å². The van der Waals surface area contributed by atoms with Gasteiger partial charge < -0.3 is 0 Å². The summed E-state index contributed by atoms with van der Waals surface area (Å²) < 4.78 is 28.8. The fraction of sp³-hybridized carbons (Fsp3) is 0.238. The molecule has 0 radical (unpaired) electrons. The van der Waals surface area contributed by atoms with Gasteiger partial charge in [-0.25, -0.2) is 22.7 Å². The average Bonchev–Trinajstić information content (AvgIpc) is 2.89. The maximum absolute atomic E-state index is 12.4. The molecule has 0 aliphatic heterocycles. The van der Waals surface area contributed by atoms with Crippen molar-refractivity contribution in [2.24, 2.45) is 0 Å². The Balaban J connectivity index is 2.02. The van der Waals surface area contributed by atoms with E-state index in [2.05, 4.69) is 23.4 Å².